The summed E-state index contributed by atoms with van der Waals surface area (Å²) < 4.78 is 26.1. The molecule has 0 amide bonds. The maximum atomic E-state index is 12.5. The van der Waals surface area contributed by atoms with Crippen LogP contribution >= 0.6 is 0 Å². The zero-order valence-corrected chi connectivity index (χ0v) is 17.3. The third-order valence-corrected chi connectivity index (χ3v) is 5.44. The van der Waals surface area contributed by atoms with Crippen LogP contribution in [0.1, 0.15) is 31.1 Å². The Bertz CT molecular complexity index is 975. The molecular weight excluding hydrogens is 378 g/mol. The van der Waals surface area contributed by atoms with Gasteiger partial charge >= 0.3 is 5.97 Å². The Balaban J connectivity index is 2.40. The van der Waals surface area contributed by atoms with E-state index < -0.39 is 21.3 Å². The molecule has 0 bridgehead atoms. The van der Waals surface area contributed by atoms with E-state index in [1.807, 2.05) is 0 Å². The van der Waals surface area contributed by atoms with Crippen molar-refractivity contribution >= 4 is 27.8 Å². The molecule has 7 heteroatoms. The highest BCUT2D eigenvalue weighted by molar-refractivity contribution is 7.98. The van der Waals surface area contributed by atoms with E-state index in [0.29, 0.717) is 27.3 Å². The maximum Gasteiger partial charge on any atom is 0.344 e. The molecule has 2 aromatic rings. The minimum atomic E-state index is -2.64. The van der Waals surface area contributed by atoms with Gasteiger partial charge in [-0.3, -0.25) is 4.79 Å². The van der Waals surface area contributed by atoms with E-state index >= 15 is 0 Å². The molecule has 1 unspecified atom stereocenters. The molecule has 0 aliphatic rings. The first-order chi connectivity index (χ1) is 13.1. The molecule has 0 heterocycles. The number of aldehydes is 1. The van der Waals surface area contributed by atoms with Crippen LogP contribution in [0.4, 0.5) is 0 Å². The van der Waals surface area contributed by atoms with Crippen molar-refractivity contribution in [1.82, 2.24) is 4.72 Å². The van der Waals surface area contributed by atoms with Gasteiger partial charge in [-0.15, -0.1) is 0 Å². The number of benzene rings is 2. The van der Waals surface area contributed by atoms with Gasteiger partial charge in [-0.2, -0.15) is 0 Å². The SMILES string of the molecule is C=S(=O)(NC)c1cccc(-c2cc(C=O)ccc2OCC(=O)OC(C)(C)C)c1. The Hall–Kier alpha value is -2.64. The van der Waals surface area contributed by atoms with Crippen LogP contribution in [-0.4, -0.2) is 41.6 Å². The molecule has 1 atom stereocenters. The molecule has 0 radical (unpaired) electrons. The van der Waals surface area contributed by atoms with Gasteiger partial charge in [0.05, 0.1) is 9.71 Å². The van der Waals surface area contributed by atoms with Crippen LogP contribution in [0, 0.1) is 0 Å². The lowest BCUT2D eigenvalue weighted by atomic mass is 10.0. The van der Waals surface area contributed by atoms with Crippen molar-refractivity contribution in [3.63, 3.8) is 0 Å². The van der Waals surface area contributed by atoms with Crippen molar-refractivity contribution in [2.45, 2.75) is 31.3 Å². The predicted octanol–water partition coefficient (Wildman–Crippen LogP) is 3.10. The van der Waals surface area contributed by atoms with Crippen LogP contribution in [0.25, 0.3) is 11.1 Å². The first-order valence-electron chi connectivity index (χ1n) is 8.66. The second-order valence-electron chi connectivity index (χ2n) is 7.16. The molecule has 0 aliphatic carbocycles. The van der Waals surface area contributed by atoms with Crippen LogP contribution in [0.15, 0.2) is 47.4 Å². The maximum absolute atomic E-state index is 12.5. The Morgan fingerprint density at radius 3 is 2.54 bits per heavy atom. The molecule has 150 valence electrons. The Morgan fingerprint density at radius 2 is 1.93 bits per heavy atom. The van der Waals surface area contributed by atoms with Gasteiger partial charge in [0.15, 0.2) is 6.61 Å². The minimum Gasteiger partial charge on any atom is -0.481 e. The van der Waals surface area contributed by atoms with Gasteiger partial charge in [0, 0.05) is 16.0 Å². The predicted molar refractivity (Wildman–Crippen MR) is 111 cm³/mol. The highest BCUT2D eigenvalue weighted by Gasteiger charge is 2.18. The van der Waals surface area contributed by atoms with Gasteiger partial charge in [0.2, 0.25) is 0 Å². The van der Waals surface area contributed by atoms with E-state index in [4.69, 9.17) is 9.47 Å². The Morgan fingerprint density at radius 1 is 1.21 bits per heavy atom. The molecule has 0 spiro atoms. The fourth-order valence-corrected chi connectivity index (χ4v) is 3.32. The summed E-state index contributed by atoms with van der Waals surface area (Å²) in [4.78, 5) is 23.7. The van der Waals surface area contributed by atoms with Gasteiger partial charge in [0.25, 0.3) is 0 Å². The summed E-state index contributed by atoms with van der Waals surface area (Å²) in [5.74, 6) is 3.62. The van der Waals surface area contributed by atoms with Crippen molar-refractivity contribution in [1.29, 1.82) is 0 Å². The van der Waals surface area contributed by atoms with Gasteiger partial charge in [0.1, 0.15) is 17.6 Å². The van der Waals surface area contributed by atoms with E-state index in [1.165, 1.54) is 0 Å². The molecule has 6 nitrogen and oxygen atoms in total. The second kappa shape index (κ2) is 8.58. The molecule has 0 aliphatic heterocycles. The second-order valence-corrected chi connectivity index (χ2v) is 9.39. The summed E-state index contributed by atoms with van der Waals surface area (Å²) in [5, 5.41) is 0. The molecule has 28 heavy (non-hydrogen) atoms. The smallest absolute Gasteiger partial charge is 0.344 e. The third-order valence-electron chi connectivity index (χ3n) is 3.76. The summed E-state index contributed by atoms with van der Waals surface area (Å²) in [6, 6.07) is 11.9. The third kappa shape index (κ3) is 5.68. The average Bonchev–Trinajstić information content (AvgIpc) is 2.65. The zero-order chi connectivity index (χ0) is 20.9. The monoisotopic (exact) mass is 403 g/mol. The van der Waals surface area contributed by atoms with Gasteiger partial charge in [-0.1, -0.05) is 12.1 Å². The molecule has 2 rings (SSSR count). The van der Waals surface area contributed by atoms with Gasteiger partial charge in [-0.05, 0) is 69.6 Å². The fraction of sp³-hybridized carbons (Fsp3) is 0.286. The highest BCUT2D eigenvalue weighted by atomic mass is 32.2. The van der Waals surface area contributed by atoms with Crippen molar-refractivity contribution < 1.29 is 23.3 Å². The molecule has 0 aromatic heterocycles. The number of hydrogen-bond donors (Lipinski definition) is 1. The molecule has 2 aromatic carbocycles. The Kier molecular flexibility index (Phi) is 6.64. The number of carbonyl (C=O) groups excluding carboxylic acids is 2. The van der Waals surface area contributed by atoms with Crippen molar-refractivity contribution in [2.75, 3.05) is 13.7 Å². The summed E-state index contributed by atoms with van der Waals surface area (Å²) in [6.45, 7) is 5.06. The minimum absolute atomic E-state index is 0.271. The van der Waals surface area contributed by atoms with E-state index in [2.05, 4.69) is 10.6 Å². The van der Waals surface area contributed by atoms with E-state index in [-0.39, 0.29) is 6.61 Å². The molecule has 0 saturated carbocycles. The van der Waals surface area contributed by atoms with Crippen LogP contribution in [-0.2, 0) is 19.2 Å². The Labute approximate surface area is 166 Å². The van der Waals surface area contributed by atoms with Crippen molar-refractivity contribution in [3.8, 4) is 16.9 Å². The van der Waals surface area contributed by atoms with Crippen molar-refractivity contribution in [3.05, 3.63) is 48.0 Å². The average molecular weight is 404 g/mol. The van der Waals surface area contributed by atoms with Gasteiger partial charge in [-0.25, -0.2) is 13.7 Å². The van der Waals surface area contributed by atoms with Crippen molar-refractivity contribution in [2.24, 2.45) is 0 Å². The topological polar surface area (TPSA) is 81.7 Å². The first-order valence-corrected chi connectivity index (χ1v) is 10.4. The summed E-state index contributed by atoms with van der Waals surface area (Å²) in [7, 11) is -1.06. The number of nitrogens with one attached hydrogen (secondary N) is 1. The molecule has 0 fully saturated rings. The fourth-order valence-electron chi connectivity index (χ4n) is 2.47. The number of rotatable bonds is 7. The number of hydrogen-bond acceptors (Lipinski definition) is 5. The van der Waals surface area contributed by atoms with Gasteiger partial charge < -0.3 is 9.47 Å². The lowest BCUT2D eigenvalue weighted by Gasteiger charge is -2.20. The van der Waals surface area contributed by atoms with Crippen LogP contribution < -0.4 is 9.46 Å². The number of esters is 1. The molecular formula is C21H25NO5S. The lowest BCUT2D eigenvalue weighted by Crippen LogP contribution is -2.27. The van der Waals surface area contributed by atoms with E-state index in [9.17, 15) is 13.8 Å². The zero-order valence-electron chi connectivity index (χ0n) is 16.5. The molecule has 1 N–H and O–H groups in total. The van der Waals surface area contributed by atoms with Crippen LogP contribution in [0.2, 0.25) is 0 Å². The summed E-state index contributed by atoms with van der Waals surface area (Å²) >= 11 is 0. The first kappa shape index (κ1) is 21.7. The van der Waals surface area contributed by atoms with Crippen LogP contribution in [0.3, 0.4) is 0 Å². The standard InChI is InChI=1S/C21H25NO5S/c1-21(2,3)27-20(24)14-26-19-10-9-15(13-23)11-18(19)16-7-6-8-17(12-16)28(5,25)22-4/h6-13H,5,14H2,1-4H3,(H,22,25). The quantitative estimate of drug-likeness (QED) is 0.436. The summed E-state index contributed by atoms with van der Waals surface area (Å²) in [6.07, 6.45) is 0.725. The number of ether oxygens (including phenoxy) is 2. The summed E-state index contributed by atoms with van der Waals surface area (Å²) in [5.41, 5.74) is 1.13. The van der Waals surface area contributed by atoms with Crippen LogP contribution in [0.5, 0.6) is 5.75 Å². The largest absolute Gasteiger partial charge is 0.481 e. The van der Waals surface area contributed by atoms with E-state index in [0.717, 1.165) is 6.29 Å². The number of carbonyl (C=O) groups is 2. The normalized spacial score (nSPS) is 13.4. The van der Waals surface area contributed by atoms with E-state index in [1.54, 1.807) is 70.3 Å². The molecule has 0 saturated heterocycles. The lowest BCUT2D eigenvalue weighted by molar-refractivity contribution is -0.157. The highest BCUT2D eigenvalue weighted by Crippen LogP contribution is 2.32.